The van der Waals surface area contributed by atoms with E-state index in [0.29, 0.717) is 46.7 Å². The molecule has 0 aromatic carbocycles. The van der Waals surface area contributed by atoms with Crippen molar-refractivity contribution in [1.29, 1.82) is 0 Å². The molecule has 2 aliphatic heterocycles. The van der Waals surface area contributed by atoms with Crippen molar-refractivity contribution < 1.29 is 8.83 Å². The highest BCUT2D eigenvalue weighted by molar-refractivity contribution is 5.91. The fraction of sp³-hybridized carbons (Fsp3) is 0.234. The summed E-state index contributed by atoms with van der Waals surface area (Å²) in [5.41, 5.74) is 21.9. The summed E-state index contributed by atoms with van der Waals surface area (Å²) in [5.74, 6) is 2.64. The van der Waals surface area contributed by atoms with E-state index in [1.54, 1.807) is 55.5 Å². The number of hydrogen-bond donors (Lipinski definition) is 3. The lowest BCUT2D eigenvalue weighted by molar-refractivity contribution is 0.240. The maximum Gasteiger partial charge on any atom is 0.225 e. The van der Waals surface area contributed by atoms with E-state index in [9.17, 15) is 0 Å². The summed E-state index contributed by atoms with van der Waals surface area (Å²) in [4.78, 5) is 38.3. The second-order valence-electron chi connectivity index (χ2n) is 16.7. The first-order valence-electron chi connectivity index (χ1n) is 22.7. The van der Waals surface area contributed by atoms with E-state index >= 15 is 0 Å². The molecule has 12 aromatic heterocycles. The van der Waals surface area contributed by atoms with Gasteiger partial charge in [-0.25, -0.2) is 19.3 Å². The van der Waals surface area contributed by atoms with Gasteiger partial charge in [-0.3, -0.25) is 24.8 Å². The zero-order chi connectivity index (χ0) is 46.4. The van der Waals surface area contributed by atoms with Crippen LogP contribution in [0.3, 0.4) is 0 Å². The van der Waals surface area contributed by atoms with Gasteiger partial charge in [0, 0.05) is 99.1 Å². The molecule has 14 heterocycles. The highest BCUT2D eigenvalue weighted by Crippen LogP contribution is 2.27. The van der Waals surface area contributed by atoms with Gasteiger partial charge in [0.15, 0.2) is 34.1 Å². The van der Waals surface area contributed by atoms with Crippen LogP contribution >= 0.6 is 0 Å². The lowest BCUT2D eigenvalue weighted by Gasteiger charge is -2.28. The van der Waals surface area contributed by atoms with Gasteiger partial charge < -0.3 is 25.6 Å². The van der Waals surface area contributed by atoms with Crippen LogP contribution in [0.15, 0.2) is 107 Å². The van der Waals surface area contributed by atoms with E-state index in [1.165, 1.54) is 31.5 Å². The average molecular weight is 921 g/mol. The van der Waals surface area contributed by atoms with Gasteiger partial charge in [0.2, 0.25) is 23.5 Å². The Morgan fingerprint density at radius 1 is 0.623 bits per heavy atom. The van der Waals surface area contributed by atoms with Crippen LogP contribution in [0.25, 0.3) is 78.3 Å². The van der Waals surface area contributed by atoms with E-state index < -0.39 is 0 Å². The van der Waals surface area contributed by atoms with Gasteiger partial charge in [0.05, 0.1) is 53.3 Å². The maximum absolute atomic E-state index is 6.21. The molecule has 0 saturated heterocycles. The Morgan fingerprint density at radius 2 is 1.20 bits per heavy atom. The molecule has 0 amide bonds. The standard InChI is InChI=1S/C23H20N10O.C13H13N7O.C11H11N3/c24-23-29-21-16(22-28-20(30-33(22)23)19-2-1-9-34-19)12-26-32(21)8-7-31-6-4-18-15(13-31)10-14-11-25-5-3-17(14)27-18;1-2-5-19-11-8(7-15-19)12-16-10(9-4-3-6-21-9)18-20(12)13(14)17-11;1-3-12-6-8-5-9-7-13-4-2-11(9)14-10(1)8/h1-3,5,9-12H,4,6-8,13H2,(H2,24,29);3-4,6-7H,2,5H2,1H3,(H2,14,17);1,3,5-6,13H,2,4,7H2. The average Bonchev–Trinajstić information content (AvgIpc) is 4.24. The van der Waals surface area contributed by atoms with Gasteiger partial charge >= 0.3 is 0 Å². The third-order valence-corrected chi connectivity index (χ3v) is 12.2. The van der Waals surface area contributed by atoms with Gasteiger partial charge in [-0.1, -0.05) is 6.92 Å². The largest absolute Gasteiger partial charge is 0.461 e. The zero-order valence-corrected chi connectivity index (χ0v) is 37.4. The predicted molar refractivity (Wildman–Crippen MR) is 256 cm³/mol. The second kappa shape index (κ2) is 17.5. The molecule has 22 nitrogen and oxygen atoms in total. The van der Waals surface area contributed by atoms with Gasteiger partial charge in [-0.15, -0.1) is 10.2 Å². The van der Waals surface area contributed by atoms with E-state index in [0.717, 1.165) is 96.8 Å². The molecular formula is C47H44N20O2. The number of aromatic nitrogens is 16. The summed E-state index contributed by atoms with van der Waals surface area (Å²) in [6.07, 6.45) is 16.9. The quantitative estimate of drug-likeness (QED) is 0.183. The van der Waals surface area contributed by atoms with Crippen molar-refractivity contribution in [3.05, 3.63) is 121 Å². The van der Waals surface area contributed by atoms with Gasteiger partial charge in [-0.05, 0) is 66.1 Å². The third kappa shape index (κ3) is 7.85. The number of rotatable bonds is 7. The van der Waals surface area contributed by atoms with Crippen molar-refractivity contribution in [2.45, 2.75) is 52.4 Å². The smallest absolute Gasteiger partial charge is 0.225 e. The first kappa shape index (κ1) is 41.7. The van der Waals surface area contributed by atoms with Crippen LogP contribution in [-0.2, 0) is 39.0 Å². The molecule has 0 bridgehead atoms. The first-order valence-corrected chi connectivity index (χ1v) is 22.7. The van der Waals surface area contributed by atoms with Crippen LogP contribution in [-0.4, -0.2) is 103 Å². The van der Waals surface area contributed by atoms with Crippen LogP contribution in [0.4, 0.5) is 11.9 Å². The summed E-state index contributed by atoms with van der Waals surface area (Å²) in [5, 5.41) is 24.9. The van der Waals surface area contributed by atoms with E-state index in [4.69, 9.17) is 25.3 Å². The Bertz CT molecular complexity index is 3750. The lowest BCUT2D eigenvalue weighted by atomic mass is 10.0. The number of furan rings is 2. The number of nitrogen functional groups attached to an aromatic ring is 2. The number of aryl methyl sites for hydroxylation is 1. The topological polar surface area (TPSA) is 267 Å². The van der Waals surface area contributed by atoms with Crippen molar-refractivity contribution >= 4 is 67.1 Å². The Hall–Kier alpha value is -8.76. The minimum absolute atomic E-state index is 0.257. The fourth-order valence-electron chi connectivity index (χ4n) is 8.84. The number of nitrogens with zero attached hydrogens (tertiary/aromatic N) is 17. The highest BCUT2D eigenvalue weighted by atomic mass is 16.3. The molecule has 69 heavy (non-hydrogen) atoms. The summed E-state index contributed by atoms with van der Waals surface area (Å²) in [6, 6.07) is 15.5. The molecule has 5 N–H and O–H groups in total. The van der Waals surface area contributed by atoms with Crippen LogP contribution in [0, 0.1) is 0 Å². The van der Waals surface area contributed by atoms with Crippen molar-refractivity contribution in [1.82, 2.24) is 88.9 Å². The fourth-order valence-corrected chi connectivity index (χ4v) is 8.84. The predicted octanol–water partition coefficient (Wildman–Crippen LogP) is 5.32. The molecular weight excluding hydrogens is 877 g/mol. The van der Waals surface area contributed by atoms with E-state index in [1.807, 2.05) is 40.0 Å². The SMILES string of the molecule is CCCn1ncc2c1nc(N)n1nc(-c3ccco3)nc21.Nc1nc2c(cnn2CCN2CCc3nc4ccncc4cc3C2)c2nc(-c3ccco3)nn12.c1cc2nc3c(cc2cn1)CNCC3. The van der Waals surface area contributed by atoms with E-state index in [2.05, 4.69) is 84.6 Å². The summed E-state index contributed by atoms with van der Waals surface area (Å²) >= 11 is 0. The summed E-state index contributed by atoms with van der Waals surface area (Å²) < 4.78 is 17.5. The number of nitrogens with one attached hydrogen (secondary N) is 1. The summed E-state index contributed by atoms with van der Waals surface area (Å²) in [6.45, 7) is 8.16. The molecule has 12 aromatic rings. The van der Waals surface area contributed by atoms with Crippen LogP contribution in [0.1, 0.15) is 35.9 Å². The van der Waals surface area contributed by atoms with Gasteiger partial charge in [0.1, 0.15) is 0 Å². The molecule has 0 fully saturated rings. The Kier molecular flexibility index (Phi) is 10.5. The molecule has 0 atom stereocenters. The molecule has 0 saturated carbocycles. The monoisotopic (exact) mass is 920 g/mol. The lowest BCUT2D eigenvalue weighted by Crippen LogP contribution is -2.33. The molecule has 14 rings (SSSR count). The van der Waals surface area contributed by atoms with Crippen molar-refractivity contribution in [3.63, 3.8) is 0 Å². The highest BCUT2D eigenvalue weighted by Gasteiger charge is 2.22. The third-order valence-electron chi connectivity index (χ3n) is 12.2. The number of pyridine rings is 4. The minimum atomic E-state index is 0.257. The van der Waals surface area contributed by atoms with Crippen LogP contribution in [0.2, 0.25) is 0 Å². The molecule has 22 heteroatoms. The second-order valence-corrected chi connectivity index (χ2v) is 16.7. The molecule has 344 valence electrons. The van der Waals surface area contributed by atoms with Crippen molar-refractivity contribution in [3.8, 4) is 23.2 Å². The van der Waals surface area contributed by atoms with Crippen molar-refractivity contribution in [2.24, 2.45) is 0 Å². The Labute approximate surface area is 391 Å². The first-order chi connectivity index (χ1) is 33.9. The van der Waals surface area contributed by atoms with Crippen LogP contribution < -0.4 is 16.8 Å². The normalized spacial score (nSPS) is 13.8. The molecule has 0 radical (unpaired) electrons. The zero-order valence-electron chi connectivity index (χ0n) is 37.4. The van der Waals surface area contributed by atoms with Crippen LogP contribution in [0.5, 0.6) is 0 Å². The Balaban J connectivity index is 0.000000119. The number of fused-ring (bicyclic) bond motifs is 10. The molecule has 2 aliphatic rings. The maximum atomic E-state index is 6.21. The van der Waals surface area contributed by atoms with Gasteiger partial charge in [-0.2, -0.15) is 29.2 Å². The summed E-state index contributed by atoms with van der Waals surface area (Å²) in [7, 11) is 0. The molecule has 0 aliphatic carbocycles. The number of hydrogen-bond acceptors (Lipinski definition) is 18. The van der Waals surface area contributed by atoms with E-state index in [-0.39, 0.29) is 11.9 Å². The minimum Gasteiger partial charge on any atom is -0.461 e. The Morgan fingerprint density at radius 3 is 1.78 bits per heavy atom. The van der Waals surface area contributed by atoms with Gasteiger partial charge in [0.25, 0.3) is 0 Å². The van der Waals surface area contributed by atoms with Crippen molar-refractivity contribution in [2.75, 3.05) is 31.1 Å². The number of nitrogens with two attached hydrogens (primary N) is 2. The molecule has 0 unspecified atom stereocenters. The molecule has 0 spiro atoms. The number of anilines is 2.